The number of hydrogen-bond acceptors (Lipinski definition) is 8. The number of methoxy groups -OCH3 is 1. The Kier molecular flexibility index (Phi) is 5.39. The molecular formula is C21H19N3O6. The summed E-state index contributed by atoms with van der Waals surface area (Å²) in [6.07, 6.45) is 1.47. The van der Waals surface area contributed by atoms with Crippen LogP contribution in [0.2, 0.25) is 0 Å². The third-order valence-corrected chi connectivity index (χ3v) is 4.95. The van der Waals surface area contributed by atoms with Crippen LogP contribution in [0.3, 0.4) is 0 Å². The van der Waals surface area contributed by atoms with Crippen molar-refractivity contribution >= 4 is 21.8 Å². The van der Waals surface area contributed by atoms with Crippen molar-refractivity contribution in [2.75, 3.05) is 34.0 Å². The Hall–Kier alpha value is -3.43. The van der Waals surface area contributed by atoms with Crippen molar-refractivity contribution < 1.29 is 14.3 Å². The maximum Gasteiger partial charge on any atom is 0.216 e. The lowest BCUT2D eigenvalue weighted by atomic mass is 10.0. The van der Waals surface area contributed by atoms with Crippen molar-refractivity contribution in [2.45, 2.75) is 6.54 Å². The number of benzene rings is 1. The predicted molar refractivity (Wildman–Crippen MR) is 109 cm³/mol. The van der Waals surface area contributed by atoms with Gasteiger partial charge in [-0.1, -0.05) is 29.4 Å². The van der Waals surface area contributed by atoms with Gasteiger partial charge in [-0.05, 0) is 0 Å². The lowest BCUT2D eigenvalue weighted by Crippen LogP contribution is -2.30. The third kappa shape index (κ3) is 3.08. The van der Waals surface area contributed by atoms with E-state index in [-0.39, 0.29) is 37.6 Å². The maximum atomic E-state index is 13.3. The minimum absolute atomic E-state index is 0.0698. The van der Waals surface area contributed by atoms with Gasteiger partial charge in [0.1, 0.15) is 23.5 Å². The van der Waals surface area contributed by atoms with Gasteiger partial charge >= 0.3 is 0 Å². The number of aromatic nitrogens is 2. The summed E-state index contributed by atoms with van der Waals surface area (Å²) in [5.41, 5.74) is -1.13. The van der Waals surface area contributed by atoms with E-state index in [1.807, 2.05) is 0 Å². The molecule has 0 fully saturated rings. The Bertz CT molecular complexity index is 1520. The van der Waals surface area contributed by atoms with Crippen LogP contribution >= 0.6 is 0 Å². The smallest absolute Gasteiger partial charge is 0.216 e. The summed E-state index contributed by atoms with van der Waals surface area (Å²) in [5, 5.41) is 4.18. The highest BCUT2D eigenvalue weighted by Gasteiger charge is 2.19. The molecule has 9 nitrogen and oxygen atoms in total. The minimum atomic E-state index is -0.558. The van der Waals surface area contributed by atoms with Crippen molar-refractivity contribution in [3.8, 4) is 0 Å². The predicted octanol–water partition coefficient (Wildman–Crippen LogP) is -0.00442. The van der Waals surface area contributed by atoms with Crippen LogP contribution in [0.5, 0.6) is 0 Å². The topological polar surface area (TPSA) is 109 Å². The summed E-state index contributed by atoms with van der Waals surface area (Å²) in [7, 11) is 2.91. The molecule has 0 unspecified atom stereocenters. The molecule has 30 heavy (non-hydrogen) atoms. The van der Waals surface area contributed by atoms with Crippen LogP contribution in [0, 0.1) is 10.4 Å². The van der Waals surface area contributed by atoms with Gasteiger partial charge in [-0.2, -0.15) is 0 Å². The summed E-state index contributed by atoms with van der Waals surface area (Å²) in [6.45, 7) is 1.52. The summed E-state index contributed by atoms with van der Waals surface area (Å²) < 4.78 is 12.0. The molecule has 2 aliphatic carbocycles. The molecule has 154 valence electrons. The van der Waals surface area contributed by atoms with E-state index in [0.717, 1.165) is 0 Å². The van der Waals surface area contributed by atoms with Crippen molar-refractivity contribution in [3.05, 3.63) is 77.1 Å². The molecule has 0 saturated heterocycles. The summed E-state index contributed by atoms with van der Waals surface area (Å²) in [4.78, 5) is 48.8. The van der Waals surface area contributed by atoms with Gasteiger partial charge in [-0.25, -0.2) is 4.98 Å². The number of fused-ring (bicyclic) bond motifs is 2. The summed E-state index contributed by atoms with van der Waals surface area (Å²) >= 11 is 0. The Balaban J connectivity index is 2.08. The third-order valence-electron chi connectivity index (χ3n) is 4.95. The molecule has 0 bridgehead atoms. The molecule has 2 aliphatic rings. The van der Waals surface area contributed by atoms with Gasteiger partial charge in [0.25, 0.3) is 0 Å². The monoisotopic (exact) mass is 409 g/mol. The minimum Gasteiger partial charge on any atom is -0.399 e. The molecule has 0 saturated carbocycles. The Morgan fingerprint density at radius 2 is 1.63 bits per heavy atom. The SMILES string of the molecule is COCCOCCn1cnc2/c(=N\OC)c3c(=O)c4ccccc4c(=O)c=3c(=O)c21. The Morgan fingerprint density at radius 1 is 0.933 bits per heavy atom. The molecule has 0 N–H and O–H groups in total. The van der Waals surface area contributed by atoms with E-state index in [1.165, 1.54) is 19.5 Å². The highest BCUT2D eigenvalue weighted by Crippen LogP contribution is 2.08. The van der Waals surface area contributed by atoms with Gasteiger partial charge in [0, 0.05) is 24.4 Å². The molecule has 1 aromatic carbocycles. The molecule has 1 aromatic heterocycles. The molecular weight excluding hydrogens is 390 g/mol. The zero-order valence-electron chi connectivity index (χ0n) is 16.5. The quantitative estimate of drug-likeness (QED) is 0.312. The molecule has 2 aromatic rings. The van der Waals surface area contributed by atoms with Crippen LogP contribution in [-0.4, -0.2) is 43.6 Å². The molecule has 4 rings (SSSR count). The van der Waals surface area contributed by atoms with Crippen LogP contribution in [-0.2, 0) is 20.9 Å². The maximum absolute atomic E-state index is 13.3. The highest BCUT2D eigenvalue weighted by atomic mass is 16.6. The van der Waals surface area contributed by atoms with E-state index in [1.54, 1.807) is 29.9 Å². The fraction of sp³-hybridized carbons (Fsp3) is 0.286. The number of hydrogen-bond donors (Lipinski definition) is 0. The van der Waals surface area contributed by atoms with E-state index in [2.05, 4.69) is 10.1 Å². The lowest BCUT2D eigenvalue weighted by molar-refractivity contribution is 0.0669. The van der Waals surface area contributed by atoms with Gasteiger partial charge in [0.15, 0.2) is 10.9 Å². The highest BCUT2D eigenvalue weighted by molar-refractivity contribution is 5.84. The summed E-state index contributed by atoms with van der Waals surface area (Å²) in [6, 6.07) is 6.41. The first kappa shape index (κ1) is 19.9. The van der Waals surface area contributed by atoms with Crippen molar-refractivity contribution in [3.63, 3.8) is 0 Å². The molecule has 0 atom stereocenters. The number of nitrogens with zero attached hydrogens (tertiary/aromatic N) is 3. The van der Waals surface area contributed by atoms with E-state index in [0.29, 0.717) is 26.4 Å². The van der Waals surface area contributed by atoms with Crippen molar-refractivity contribution in [1.82, 2.24) is 9.55 Å². The van der Waals surface area contributed by atoms with Crippen LogP contribution in [0.1, 0.15) is 0 Å². The second-order valence-corrected chi connectivity index (χ2v) is 6.65. The second kappa shape index (κ2) is 8.13. The Morgan fingerprint density at radius 3 is 2.30 bits per heavy atom. The lowest BCUT2D eigenvalue weighted by Gasteiger charge is -2.06. The van der Waals surface area contributed by atoms with Gasteiger partial charge in [-0.3, -0.25) is 14.4 Å². The van der Waals surface area contributed by atoms with Crippen LogP contribution in [0.15, 0.2) is 50.1 Å². The van der Waals surface area contributed by atoms with Gasteiger partial charge in [0.05, 0.1) is 36.6 Å². The number of ether oxygens (including phenoxy) is 2. The molecule has 0 amide bonds. The van der Waals surface area contributed by atoms with Gasteiger partial charge in [0.2, 0.25) is 5.43 Å². The molecule has 0 aliphatic heterocycles. The first-order valence-electron chi connectivity index (χ1n) is 9.31. The average Bonchev–Trinajstić information content (AvgIpc) is 3.18. The molecule has 9 heteroatoms. The molecule has 0 spiro atoms. The van der Waals surface area contributed by atoms with Crippen molar-refractivity contribution in [2.24, 2.45) is 5.16 Å². The molecule has 1 heterocycles. The van der Waals surface area contributed by atoms with Crippen molar-refractivity contribution in [1.29, 1.82) is 0 Å². The fourth-order valence-corrected chi connectivity index (χ4v) is 3.61. The van der Waals surface area contributed by atoms with E-state index >= 15 is 0 Å². The average molecular weight is 409 g/mol. The first-order valence-corrected chi connectivity index (χ1v) is 9.31. The fourth-order valence-electron chi connectivity index (χ4n) is 3.61. The van der Waals surface area contributed by atoms with E-state index in [4.69, 9.17) is 14.3 Å². The van der Waals surface area contributed by atoms with Gasteiger partial charge < -0.3 is 18.9 Å². The van der Waals surface area contributed by atoms with Crippen LogP contribution in [0.4, 0.5) is 0 Å². The Labute approximate surface area is 169 Å². The zero-order valence-corrected chi connectivity index (χ0v) is 16.5. The zero-order chi connectivity index (χ0) is 21.3. The van der Waals surface area contributed by atoms with Crippen LogP contribution in [0.25, 0.3) is 21.8 Å². The second-order valence-electron chi connectivity index (χ2n) is 6.65. The molecule has 0 radical (unpaired) electrons. The van der Waals surface area contributed by atoms with Crippen LogP contribution < -0.4 is 21.6 Å². The van der Waals surface area contributed by atoms with E-state index in [9.17, 15) is 14.4 Å². The number of imidazole rings is 1. The number of rotatable bonds is 7. The largest absolute Gasteiger partial charge is 0.399 e. The normalized spacial score (nSPS) is 12.4. The van der Waals surface area contributed by atoms with Gasteiger partial charge in [-0.15, -0.1) is 0 Å². The standard InChI is InChI=1S/C21H19N3O6/c1-28-9-10-30-8-7-24-11-22-17-16(23-29-2)14-15(21(27)18(17)24)20(26)13-6-4-3-5-12(13)19(14)25/h3-6,11H,7-10H2,1-2H3/b23-16-. The first-order chi connectivity index (χ1) is 14.6. The summed E-state index contributed by atoms with van der Waals surface area (Å²) in [5.74, 6) is 0. The van der Waals surface area contributed by atoms with E-state index < -0.39 is 16.3 Å².